The highest BCUT2D eigenvalue weighted by Crippen LogP contribution is 2.55. The first kappa shape index (κ1) is 37.7. The van der Waals surface area contributed by atoms with Crippen molar-refractivity contribution in [1.82, 2.24) is 0 Å². The number of nitrogens with one attached hydrogen (secondary N) is 1. The molecule has 5 aliphatic rings. The summed E-state index contributed by atoms with van der Waals surface area (Å²) in [4.78, 5) is 30.9. The Hall–Kier alpha value is -4.59. The van der Waals surface area contributed by atoms with Gasteiger partial charge in [0.25, 0.3) is 5.78 Å². The Morgan fingerprint density at radius 1 is 0.980 bits per heavy atom. The average molecular weight is 709 g/mol. The van der Waals surface area contributed by atoms with Crippen molar-refractivity contribution in [3.8, 4) is 23.0 Å². The molecule has 0 spiro atoms. The van der Waals surface area contributed by atoms with Crippen molar-refractivity contribution in [3.05, 3.63) is 52.8 Å². The maximum absolute atomic E-state index is 14.1. The normalized spacial score (nSPS) is 33.5. The predicted octanol–water partition coefficient (Wildman–Crippen LogP) is 5.14. The second-order valence-electron chi connectivity index (χ2n) is 14.0. The summed E-state index contributed by atoms with van der Waals surface area (Å²) in [7, 11) is 1.45. The van der Waals surface area contributed by atoms with Gasteiger partial charge in [-0.1, -0.05) is 45.9 Å². The van der Waals surface area contributed by atoms with Crippen LogP contribution in [0, 0.1) is 30.6 Å². The number of hydrogen-bond donors (Lipinski definition) is 6. The molecule has 276 valence electrons. The SMILES string of the molecule is COC1/C=C\OC2(C)Oc3c(C)c(O)c4c(O)c5c(c(O)c4c3C2=O)CN=C(N5)/C(C)=C\C=C\C(C)C(O)C(C)C(O)C(C)C(OC(C)=O)C1C. The highest BCUT2D eigenvalue weighted by atomic mass is 16.7. The minimum absolute atomic E-state index is 0.0143. The van der Waals surface area contributed by atoms with Crippen LogP contribution in [0.5, 0.6) is 23.0 Å². The summed E-state index contributed by atoms with van der Waals surface area (Å²) in [6, 6.07) is 0. The van der Waals surface area contributed by atoms with Crippen molar-refractivity contribution >= 4 is 34.0 Å². The summed E-state index contributed by atoms with van der Waals surface area (Å²) < 4.78 is 23.4. The number of aliphatic hydroxyl groups excluding tert-OH is 2. The number of aromatic hydroxyl groups is 3. The van der Waals surface area contributed by atoms with Crippen LogP contribution in [-0.2, 0) is 25.5 Å². The Labute approximate surface area is 296 Å². The van der Waals surface area contributed by atoms with E-state index < -0.39 is 59.7 Å². The van der Waals surface area contributed by atoms with E-state index >= 15 is 0 Å². The van der Waals surface area contributed by atoms with Crippen molar-refractivity contribution in [3.63, 3.8) is 0 Å². The van der Waals surface area contributed by atoms with Crippen LogP contribution < -0.4 is 10.1 Å². The van der Waals surface area contributed by atoms with Gasteiger partial charge in [0.15, 0.2) is 5.75 Å². The number of carbonyl (C=O) groups excluding carboxylic acids is 2. The zero-order valence-corrected chi connectivity index (χ0v) is 30.3. The topological polar surface area (TPSA) is 197 Å². The van der Waals surface area contributed by atoms with Gasteiger partial charge in [-0.2, -0.15) is 0 Å². The van der Waals surface area contributed by atoms with Gasteiger partial charge in [-0.25, -0.2) is 0 Å². The second-order valence-corrected chi connectivity index (χ2v) is 14.0. The number of fused-ring (bicyclic) bond motifs is 1. The molecule has 2 aromatic carbocycles. The fourth-order valence-electron chi connectivity index (χ4n) is 7.27. The fourth-order valence-corrected chi connectivity index (χ4v) is 7.27. The number of benzene rings is 2. The number of esters is 1. The molecule has 5 heterocycles. The molecule has 2 aromatic rings. The van der Waals surface area contributed by atoms with Crippen LogP contribution in [0.15, 0.2) is 41.1 Å². The predicted molar refractivity (Wildman–Crippen MR) is 190 cm³/mol. The van der Waals surface area contributed by atoms with Crippen molar-refractivity contribution in [2.45, 2.75) is 92.1 Å². The van der Waals surface area contributed by atoms with E-state index in [9.17, 15) is 35.1 Å². The number of phenols is 3. The van der Waals surface area contributed by atoms with E-state index in [4.69, 9.17) is 18.9 Å². The van der Waals surface area contributed by atoms with Crippen LogP contribution in [0.4, 0.5) is 5.69 Å². The zero-order valence-electron chi connectivity index (χ0n) is 30.3. The minimum Gasteiger partial charge on any atom is -0.507 e. The highest BCUT2D eigenvalue weighted by molar-refractivity contribution is 6.22. The van der Waals surface area contributed by atoms with Crippen LogP contribution in [0.2, 0.25) is 0 Å². The summed E-state index contributed by atoms with van der Waals surface area (Å²) in [5.41, 5.74) is 1.09. The molecule has 0 aliphatic carbocycles. The molecular formula is C38H48N2O11. The minimum atomic E-state index is -1.95. The molecule has 0 fully saturated rings. The van der Waals surface area contributed by atoms with Crippen molar-refractivity contribution in [2.75, 3.05) is 12.4 Å². The zero-order chi connectivity index (χ0) is 37.7. The fraction of sp³-hybridized carbons (Fsp3) is 0.500. The number of aliphatic imine (C=N–C) groups is 1. The summed E-state index contributed by atoms with van der Waals surface area (Å²) in [6.07, 6.45) is 4.43. The van der Waals surface area contributed by atoms with Crippen LogP contribution in [0.25, 0.3) is 10.8 Å². The van der Waals surface area contributed by atoms with Gasteiger partial charge in [0.05, 0.1) is 47.8 Å². The number of aliphatic hydroxyl groups is 2. The van der Waals surface area contributed by atoms with Crippen molar-refractivity contribution < 1.29 is 54.1 Å². The molecule has 6 N–H and O–H groups in total. The molecule has 9 atom stereocenters. The molecule has 13 heteroatoms. The van der Waals surface area contributed by atoms with E-state index in [1.807, 2.05) is 6.92 Å². The summed E-state index contributed by atoms with van der Waals surface area (Å²) >= 11 is 0. The molecule has 0 amide bonds. The lowest BCUT2D eigenvalue weighted by Gasteiger charge is -2.38. The van der Waals surface area contributed by atoms with Crippen LogP contribution >= 0.6 is 0 Å². The number of allylic oxidation sites excluding steroid dienone is 2. The number of ketones is 1. The number of Topliss-reactive ketones (excluding diaryl/α,β-unsaturated/α-hetero) is 1. The smallest absolute Gasteiger partial charge is 0.312 e. The number of carbonyl (C=O) groups is 2. The third-order valence-electron chi connectivity index (χ3n) is 10.5. The number of phenolic OH excluding ortho intramolecular Hbond substituents is 3. The molecule has 0 radical (unpaired) electrons. The molecule has 0 aromatic heterocycles. The summed E-state index contributed by atoms with van der Waals surface area (Å²) in [6.45, 7) is 13.0. The Morgan fingerprint density at radius 2 is 1.67 bits per heavy atom. The lowest BCUT2D eigenvalue weighted by Crippen LogP contribution is -2.46. The summed E-state index contributed by atoms with van der Waals surface area (Å²) in [5, 5.41) is 60.0. The van der Waals surface area contributed by atoms with Gasteiger partial charge in [-0.05, 0) is 25.5 Å². The van der Waals surface area contributed by atoms with Gasteiger partial charge in [0.1, 0.15) is 29.2 Å². The molecule has 7 rings (SSSR count). The molecule has 7 bridgehead atoms. The number of rotatable bonds is 2. The number of amidine groups is 1. The molecule has 0 saturated heterocycles. The lowest BCUT2D eigenvalue weighted by atomic mass is 9.78. The number of ether oxygens (including phenoxy) is 4. The van der Waals surface area contributed by atoms with Gasteiger partial charge in [0.2, 0.25) is 0 Å². The lowest BCUT2D eigenvalue weighted by molar-refractivity contribution is -0.160. The Morgan fingerprint density at radius 3 is 2.31 bits per heavy atom. The number of methoxy groups -OCH3 is 1. The molecule has 51 heavy (non-hydrogen) atoms. The maximum Gasteiger partial charge on any atom is 0.312 e. The Bertz CT molecular complexity index is 1860. The summed E-state index contributed by atoms with van der Waals surface area (Å²) in [5.74, 6) is -6.11. The Kier molecular flexibility index (Phi) is 10.5. The van der Waals surface area contributed by atoms with Gasteiger partial charge in [0, 0.05) is 61.1 Å². The van der Waals surface area contributed by atoms with Crippen molar-refractivity contribution in [1.29, 1.82) is 0 Å². The maximum atomic E-state index is 14.1. The molecule has 5 aliphatic heterocycles. The van der Waals surface area contributed by atoms with Crippen LogP contribution in [0.1, 0.15) is 70.0 Å². The first-order chi connectivity index (χ1) is 23.9. The van der Waals surface area contributed by atoms with Crippen LogP contribution in [0.3, 0.4) is 0 Å². The number of nitrogens with zero attached hydrogens (tertiary/aromatic N) is 1. The molecule has 9 unspecified atom stereocenters. The first-order valence-corrected chi connectivity index (χ1v) is 17.0. The third kappa shape index (κ3) is 6.54. The van der Waals surface area contributed by atoms with Gasteiger partial charge >= 0.3 is 11.8 Å². The average Bonchev–Trinajstić information content (AvgIpc) is 3.36. The quantitative estimate of drug-likeness (QED) is 0.137. The monoisotopic (exact) mass is 708 g/mol. The molecule has 0 saturated carbocycles. The number of anilines is 1. The molecular weight excluding hydrogens is 660 g/mol. The van der Waals surface area contributed by atoms with E-state index in [1.165, 1.54) is 40.2 Å². The van der Waals surface area contributed by atoms with E-state index in [-0.39, 0.29) is 68.6 Å². The van der Waals surface area contributed by atoms with E-state index in [0.717, 1.165) is 0 Å². The van der Waals surface area contributed by atoms with E-state index in [1.54, 1.807) is 45.9 Å². The first-order valence-electron chi connectivity index (χ1n) is 17.0. The third-order valence-corrected chi connectivity index (χ3v) is 10.5. The van der Waals surface area contributed by atoms with Gasteiger partial charge in [-0.15, -0.1) is 0 Å². The van der Waals surface area contributed by atoms with Gasteiger partial charge < -0.3 is 49.8 Å². The Balaban J connectivity index is 1.66. The standard InChI is InChI=1S/C38H48N2O11/c1-16-11-10-12-17(2)37-39-15-23-28(40-37)33(46)26-25(32(23)45)27-35(21(6)31(26)44)51-38(8,36(27)47)49-14-13-24(48-9)18(3)34(50-22(7)41)20(5)30(43)19(4)29(16)42/h10-14,16,18-20,24,29-30,34,42-46H,15H2,1-9H3,(H,39,40)/b11-10+,14-13-,17-12-. The second kappa shape index (κ2) is 14.2. The van der Waals surface area contributed by atoms with Crippen molar-refractivity contribution in [2.24, 2.45) is 28.7 Å². The largest absolute Gasteiger partial charge is 0.507 e. The highest BCUT2D eigenvalue weighted by Gasteiger charge is 2.50. The molecule has 13 nitrogen and oxygen atoms in total. The number of hydrogen-bond acceptors (Lipinski definition) is 13. The van der Waals surface area contributed by atoms with E-state index in [2.05, 4.69) is 10.3 Å². The van der Waals surface area contributed by atoms with Gasteiger partial charge in [-0.3, -0.25) is 14.6 Å². The van der Waals surface area contributed by atoms with Crippen LogP contribution in [-0.4, -0.2) is 80.4 Å². The van der Waals surface area contributed by atoms with E-state index in [0.29, 0.717) is 11.4 Å².